The van der Waals surface area contributed by atoms with Gasteiger partial charge in [0.05, 0.1) is 5.71 Å². The van der Waals surface area contributed by atoms with E-state index in [0.717, 1.165) is 55.1 Å². The third-order valence-corrected chi connectivity index (χ3v) is 11.1. The Bertz CT molecular complexity index is 747. The van der Waals surface area contributed by atoms with Gasteiger partial charge in [-0.15, -0.1) is 0 Å². The third-order valence-electron chi connectivity index (χ3n) is 11.1. The Labute approximate surface area is 202 Å². The van der Waals surface area contributed by atoms with E-state index in [0.29, 0.717) is 17.3 Å². The largest absolute Gasteiger partial charge is 0.463 e. The quantitative estimate of drug-likeness (QED) is 0.254. The van der Waals surface area contributed by atoms with Crippen LogP contribution in [0.15, 0.2) is 5.16 Å². The van der Waals surface area contributed by atoms with Gasteiger partial charge in [0.25, 0.3) is 0 Å². The van der Waals surface area contributed by atoms with E-state index < -0.39 is 0 Å². The molecule has 0 spiro atoms. The van der Waals surface area contributed by atoms with Crippen molar-refractivity contribution in [1.82, 2.24) is 0 Å². The van der Waals surface area contributed by atoms with Crippen LogP contribution in [-0.2, 0) is 9.53 Å². The normalized spacial score (nSPS) is 44.8. The van der Waals surface area contributed by atoms with Crippen molar-refractivity contribution < 1.29 is 14.7 Å². The topological polar surface area (TPSA) is 58.9 Å². The van der Waals surface area contributed by atoms with Gasteiger partial charge in [-0.2, -0.15) is 0 Å². The molecule has 4 rings (SSSR count). The maximum Gasteiger partial charge on any atom is 0.302 e. The summed E-state index contributed by atoms with van der Waals surface area (Å²) >= 11 is 0. The monoisotopic (exact) mass is 459 g/mol. The first-order chi connectivity index (χ1) is 15.6. The SMILES string of the molecule is CC(=O)O[C@H]1CC[C@@]2(C)[C@H](C1)C(=NO)C[C@@H]1[C@@H]2CC[C@]2(C)[C@@H]([C@H](C)CCCC(C)C)CC[C@@H]12. The lowest BCUT2D eigenvalue weighted by atomic mass is 9.44. The van der Waals surface area contributed by atoms with E-state index in [4.69, 9.17) is 4.74 Å². The van der Waals surface area contributed by atoms with Gasteiger partial charge in [-0.05, 0) is 97.7 Å². The smallest absolute Gasteiger partial charge is 0.302 e. The highest BCUT2D eigenvalue weighted by atomic mass is 16.5. The molecule has 0 radical (unpaired) electrons. The summed E-state index contributed by atoms with van der Waals surface area (Å²) in [6.07, 6.45) is 13.3. The lowest BCUT2D eigenvalue weighted by Crippen LogP contribution is -2.57. The molecule has 4 aliphatic carbocycles. The fraction of sp³-hybridized carbons (Fsp3) is 0.931. The summed E-state index contributed by atoms with van der Waals surface area (Å²) in [6, 6.07) is 0. The number of hydrogen-bond donors (Lipinski definition) is 1. The maximum atomic E-state index is 11.6. The fourth-order valence-corrected chi connectivity index (χ4v) is 9.51. The molecule has 0 amide bonds. The minimum Gasteiger partial charge on any atom is -0.463 e. The maximum absolute atomic E-state index is 11.6. The molecule has 33 heavy (non-hydrogen) atoms. The van der Waals surface area contributed by atoms with Crippen LogP contribution in [0, 0.1) is 52.3 Å². The van der Waals surface area contributed by atoms with E-state index in [1.807, 2.05) is 0 Å². The Balaban J connectivity index is 1.51. The van der Waals surface area contributed by atoms with Crippen molar-refractivity contribution >= 4 is 11.7 Å². The average Bonchev–Trinajstić information content (AvgIpc) is 3.10. The first kappa shape index (κ1) is 25.0. The zero-order chi connectivity index (χ0) is 24.0. The van der Waals surface area contributed by atoms with E-state index >= 15 is 0 Å². The molecule has 0 heterocycles. The summed E-state index contributed by atoms with van der Waals surface area (Å²) in [6.45, 7) is 13.8. The van der Waals surface area contributed by atoms with Gasteiger partial charge in [-0.1, -0.05) is 59.0 Å². The standard InChI is InChI=1S/C29H49NO3/c1-18(2)8-7-9-19(3)23-10-11-24-22-17-27(30-32)26-16-21(33-20(4)31)12-14-29(26,6)25(22)13-15-28(23,24)5/h18-19,21-26,32H,7-17H2,1-6H3/t19-,21+,22+,23-,24+,25+,26-,28-,29-/m1/s1. The first-order valence-corrected chi connectivity index (χ1v) is 14.0. The summed E-state index contributed by atoms with van der Waals surface area (Å²) < 4.78 is 5.61. The zero-order valence-electron chi connectivity index (χ0n) is 22.1. The van der Waals surface area contributed by atoms with Crippen LogP contribution < -0.4 is 0 Å². The predicted octanol–water partition coefficient (Wildman–Crippen LogP) is 7.48. The summed E-state index contributed by atoms with van der Waals surface area (Å²) in [4.78, 5) is 11.6. The highest BCUT2D eigenvalue weighted by Gasteiger charge is 2.62. The molecule has 1 N–H and O–H groups in total. The molecule has 4 fully saturated rings. The van der Waals surface area contributed by atoms with Crippen LogP contribution in [0.1, 0.15) is 112 Å². The molecule has 4 aliphatic rings. The average molecular weight is 460 g/mol. The van der Waals surface area contributed by atoms with Crippen molar-refractivity contribution in [2.45, 2.75) is 118 Å². The number of hydrogen-bond acceptors (Lipinski definition) is 4. The van der Waals surface area contributed by atoms with Crippen LogP contribution >= 0.6 is 0 Å². The summed E-state index contributed by atoms with van der Waals surface area (Å²) in [5.74, 6) is 4.64. The van der Waals surface area contributed by atoms with Crippen molar-refractivity contribution in [3.63, 3.8) is 0 Å². The molecule has 0 bridgehead atoms. The van der Waals surface area contributed by atoms with Crippen LogP contribution in [0.5, 0.6) is 0 Å². The van der Waals surface area contributed by atoms with Crippen molar-refractivity contribution in [3.8, 4) is 0 Å². The van der Waals surface area contributed by atoms with Gasteiger partial charge >= 0.3 is 5.97 Å². The minimum absolute atomic E-state index is 0.0229. The number of carbonyl (C=O) groups is 1. The van der Waals surface area contributed by atoms with Gasteiger partial charge in [0.15, 0.2) is 0 Å². The Morgan fingerprint density at radius 2 is 1.76 bits per heavy atom. The highest BCUT2D eigenvalue weighted by Crippen LogP contribution is 2.68. The number of rotatable bonds is 6. The second-order valence-electron chi connectivity index (χ2n) is 13.3. The first-order valence-electron chi connectivity index (χ1n) is 14.0. The lowest BCUT2D eigenvalue weighted by molar-refractivity contribution is -0.153. The van der Waals surface area contributed by atoms with Gasteiger partial charge < -0.3 is 9.94 Å². The van der Waals surface area contributed by atoms with Crippen molar-refractivity contribution in [2.24, 2.45) is 57.4 Å². The molecular formula is C29H49NO3. The molecule has 4 nitrogen and oxygen atoms in total. The highest BCUT2D eigenvalue weighted by molar-refractivity contribution is 5.88. The molecule has 0 aliphatic heterocycles. The molecule has 4 saturated carbocycles. The zero-order valence-corrected chi connectivity index (χ0v) is 22.1. The fourth-order valence-electron chi connectivity index (χ4n) is 9.51. The second-order valence-corrected chi connectivity index (χ2v) is 13.3. The number of carbonyl (C=O) groups excluding carboxylic acids is 1. The Morgan fingerprint density at radius 1 is 1.06 bits per heavy atom. The van der Waals surface area contributed by atoms with Gasteiger partial charge in [-0.3, -0.25) is 4.79 Å². The molecule has 0 aromatic carbocycles. The van der Waals surface area contributed by atoms with E-state index in [1.54, 1.807) is 0 Å². The minimum atomic E-state index is -0.187. The summed E-state index contributed by atoms with van der Waals surface area (Å²) in [7, 11) is 0. The van der Waals surface area contributed by atoms with Crippen LogP contribution in [-0.4, -0.2) is 23.0 Å². The van der Waals surface area contributed by atoms with Crippen LogP contribution in [0.3, 0.4) is 0 Å². The lowest BCUT2D eigenvalue weighted by Gasteiger charge is -2.61. The molecule has 188 valence electrons. The Kier molecular flexibility index (Phi) is 7.23. The van der Waals surface area contributed by atoms with Crippen molar-refractivity contribution in [1.29, 1.82) is 0 Å². The molecule has 0 unspecified atom stereocenters. The predicted molar refractivity (Wildman–Crippen MR) is 133 cm³/mol. The molecule has 0 saturated heterocycles. The van der Waals surface area contributed by atoms with Gasteiger partial charge in [0.1, 0.15) is 6.10 Å². The van der Waals surface area contributed by atoms with E-state index in [9.17, 15) is 10.0 Å². The van der Waals surface area contributed by atoms with Gasteiger partial charge in [0.2, 0.25) is 0 Å². The molecule has 9 atom stereocenters. The second kappa shape index (κ2) is 9.53. The molecule has 0 aromatic heterocycles. The van der Waals surface area contributed by atoms with Crippen LogP contribution in [0.25, 0.3) is 0 Å². The third kappa shape index (κ3) is 4.49. The van der Waals surface area contributed by atoms with Gasteiger partial charge in [0, 0.05) is 12.8 Å². The van der Waals surface area contributed by atoms with E-state index in [2.05, 4.69) is 39.8 Å². The summed E-state index contributed by atoms with van der Waals surface area (Å²) in [5, 5.41) is 14.0. The molecule has 4 heteroatoms. The number of oxime groups is 1. The van der Waals surface area contributed by atoms with E-state index in [1.165, 1.54) is 51.9 Å². The molecule has 0 aromatic rings. The van der Waals surface area contributed by atoms with Crippen molar-refractivity contribution in [2.75, 3.05) is 0 Å². The van der Waals surface area contributed by atoms with Crippen LogP contribution in [0.4, 0.5) is 0 Å². The Hall–Kier alpha value is -1.06. The Morgan fingerprint density at radius 3 is 2.42 bits per heavy atom. The van der Waals surface area contributed by atoms with E-state index in [-0.39, 0.29) is 23.4 Å². The number of nitrogens with zero attached hydrogens (tertiary/aromatic N) is 1. The number of esters is 1. The number of ether oxygens (including phenoxy) is 1. The number of fused-ring (bicyclic) bond motifs is 5. The molecular weight excluding hydrogens is 410 g/mol. The van der Waals surface area contributed by atoms with Gasteiger partial charge in [-0.25, -0.2) is 0 Å². The summed E-state index contributed by atoms with van der Waals surface area (Å²) in [5.41, 5.74) is 1.61. The van der Waals surface area contributed by atoms with Crippen molar-refractivity contribution in [3.05, 3.63) is 0 Å². The van der Waals surface area contributed by atoms with Crippen LogP contribution in [0.2, 0.25) is 0 Å².